The number of aliphatic hydroxyl groups excluding tert-OH is 1. The summed E-state index contributed by atoms with van der Waals surface area (Å²) < 4.78 is 0. The van der Waals surface area contributed by atoms with Gasteiger partial charge in [-0.25, -0.2) is 9.59 Å². The summed E-state index contributed by atoms with van der Waals surface area (Å²) in [5.41, 5.74) is 0. The predicted octanol–water partition coefficient (Wildman–Crippen LogP) is 0.790. The molecule has 1 saturated carbocycles. The van der Waals surface area contributed by atoms with Crippen LogP contribution in [0.3, 0.4) is 0 Å². The second-order valence-corrected chi connectivity index (χ2v) is 5.62. The number of nitrogens with one attached hydrogen (secondary N) is 1. The van der Waals surface area contributed by atoms with Gasteiger partial charge in [-0.05, 0) is 12.8 Å². The van der Waals surface area contributed by atoms with Gasteiger partial charge in [0.05, 0.1) is 6.61 Å². The number of hydrogen-bond donors (Lipinski definition) is 4. The van der Waals surface area contributed by atoms with Gasteiger partial charge in [0, 0.05) is 24.1 Å². The van der Waals surface area contributed by atoms with Crippen LogP contribution in [0, 0.1) is 0 Å². The average Bonchev–Trinajstić information content (AvgIpc) is 2.40. The van der Waals surface area contributed by atoms with Crippen LogP contribution in [0.25, 0.3) is 0 Å². The minimum absolute atomic E-state index is 0.258. The van der Waals surface area contributed by atoms with Crippen molar-refractivity contribution in [2.75, 3.05) is 25.4 Å². The van der Waals surface area contributed by atoms with Crippen molar-refractivity contribution < 1.29 is 24.9 Å². The Morgan fingerprint density at radius 1 is 1.05 bits per heavy atom. The highest BCUT2D eigenvalue weighted by Gasteiger charge is 2.12. The lowest BCUT2D eigenvalue weighted by Gasteiger charge is -2.20. The van der Waals surface area contributed by atoms with E-state index in [0.717, 1.165) is 18.3 Å². The maximum Gasteiger partial charge on any atom is 0.414 e. The van der Waals surface area contributed by atoms with Crippen LogP contribution in [0.15, 0.2) is 0 Å². The van der Waals surface area contributed by atoms with Crippen LogP contribution in [-0.2, 0) is 9.59 Å². The van der Waals surface area contributed by atoms with Crippen molar-refractivity contribution in [1.82, 2.24) is 5.32 Å². The van der Waals surface area contributed by atoms with E-state index in [1.54, 1.807) is 0 Å². The normalized spacial score (nSPS) is 15.4. The zero-order valence-electron chi connectivity index (χ0n) is 11.0. The molecule has 0 bridgehead atoms. The van der Waals surface area contributed by atoms with Gasteiger partial charge < -0.3 is 20.6 Å². The average molecular weight is 293 g/mol. The molecule has 0 radical (unpaired) electrons. The Kier molecular flexibility index (Phi) is 11.7. The van der Waals surface area contributed by atoms with Crippen LogP contribution in [0.5, 0.6) is 0 Å². The fraction of sp³-hybridized carbons (Fsp3) is 0.833. The first kappa shape index (κ1) is 18.2. The Bertz CT molecular complexity index is 245. The van der Waals surface area contributed by atoms with E-state index in [1.165, 1.54) is 37.9 Å². The Labute approximate surface area is 117 Å². The van der Waals surface area contributed by atoms with Crippen LogP contribution in [0.2, 0.25) is 0 Å². The number of carbonyl (C=O) groups is 2. The second kappa shape index (κ2) is 12.3. The van der Waals surface area contributed by atoms with Crippen molar-refractivity contribution in [1.29, 1.82) is 0 Å². The quantitative estimate of drug-likeness (QED) is 0.423. The van der Waals surface area contributed by atoms with E-state index in [2.05, 4.69) is 17.1 Å². The smallest absolute Gasteiger partial charge is 0.414 e. The third-order valence-corrected chi connectivity index (χ3v) is 4.04. The van der Waals surface area contributed by atoms with E-state index in [4.69, 9.17) is 24.9 Å². The lowest BCUT2D eigenvalue weighted by Crippen LogP contribution is -2.22. The van der Waals surface area contributed by atoms with Gasteiger partial charge >= 0.3 is 11.9 Å². The largest absolute Gasteiger partial charge is 0.473 e. The number of hydrogen-bond acceptors (Lipinski definition) is 5. The lowest BCUT2D eigenvalue weighted by atomic mass is 10.0. The zero-order chi connectivity index (χ0) is 14.5. The van der Waals surface area contributed by atoms with Crippen LogP contribution >= 0.6 is 11.8 Å². The van der Waals surface area contributed by atoms with Gasteiger partial charge in [-0.15, -0.1) is 0 Å². The Morgan fingerprint density at radius 2 is 1.63 bits per heavy atom. The highest BCUT2D eigenvalue weighted by molar-refractivity contribution is 7.99. The first-order chi connectivity index (χ1) is 9.07. The van der Waals surface area contributed by atoms with Gasteiger partial charge in [0.2, 0.25) is 0 Å². The van der Waals surface area contributed by atoms with Gasteiger partial charge in [-0.3, -0.25) is 0 Å². The fourth-order valence-electron chi connectivity index (χ4n) is 1.73. The Morgan fingerprint density at radius 3 is 2.11 bits per heavy atom. The van der Waals surface area contributed by atoms with E-state index in [-0.39, 0.29) is 6.61 Å². The number of carboxylic acid groups (broad SMARTS) is 2. The molecule has 0 aromatic heterocycles. The van der Waals surface area contributed by atoms with Gasteiger partial charge in [-0.2, -0.15) is 11.8 Å². The minimum Gasteiger partial charge on any atom is -0.473 e. The van der Waals surface area contributed by atoms with Gasteiger partial charge in [0.1, 0.15) is 0 Å². The molecule has 1 rings (SSSR count). The summed E-state index contributed by atoms with van der Waals surface area (Å²) in [5.74, 6) is -2.45. The van der Waals surface area contributed by atoms with E-state index in [1.807, 2.05) is 0 Å². The standard InChI is InChI=1S/C10H21NOS.C2H2O4/c12-8-6-11-7-9-13-10-4-2-1-3-5-10;3-1(4)2(5)6/h10-12H,1-9H2;(H,3,4)(H,5,6). The van der Waals surface area contributed by atoms with Crippen molar-refractivity contribution in [3.05, 3.63) is 0 Å². The first-order valence-electron chi connectivity index (χ1n) is 6.47. The maximum absolute atomic E-state index is 9.10. The molecule has 112 valence electrons. The van der Waals surface area contributed by atoms with Crippen molar-refractivity contribution in [2.24, 2.45) is 0 Å². The summed E-state index contributed by atoms with van der Waals surface area (Å²) in [6, 6.07) is 0. The Hall–Kier alpha value is -0.790. The molecule has 6 nitrogen and oxygen atoms in total. The minimum atomic E-state index is -1.82. The molecular weight excluding hydrogens is 270 g/mol. The molecule has 0 saturated heterocycles. The molecule has 1 aliphatic carbocycles. The van der Waals surface area contributed by atoms with E-state index >= 15 is 0 Å². The molecular formula is C12H23NO5S. The van der Waals surface area contributed by atoms with E-state index in [0.29, 0.717) is 0 Å². The highest BCUT2D eigenvalue weighted by atomic mass is 32.2. The summed E-state index contributed by atoms with van der Waals surface area (Å²) in [4.78, 5) is 18.2. The zero-order valence-corrected chi connectivity index (χ0v) is 11.8. The number of aliphatic hydroxyl groups is 1. The molecule has 1 aliphatic rings. The van der Waals surface area contributed by atoms with Gasteiger partial charge in [0.25, 0.3) is 0 Å². The molecule has 0 aromatic rings. The highest BCUT2D eigenvalue weighted by Crippen LogP contribution is 2.27. The Balaban J connectivity index is 0.000000459. The number of carboxylic acids is 2. The molecule has 0 aromatic carbocycles. The molecule has 19 heavy (non-hydrogen) atoms. The van der Waals surface area contributed by atoms with Crippen LogP contribution < -0.4 is 5.32 Å². The molecule has 0 atom stereocenters. The van der Waals surface area contributed by atoms with Crippen molar-refractivity contribution in [2.45, 2.75) is 37.4 Å². The summed E-state index contributed by atoms with van der Waals surface area (Å²) in [6.07, 6.45) is 7.15. The molecule has 1 fully saturated rings. The van der Waals surface area contributed by atoms with Crippen molar-refractivity contribution in [3.63, 3.8) is 0 Å². The topological polar surface area (TPSA) is 107 Å². The summed E-state index contributed by atoms with van der Waals surface area (Å²) in [7, 11) is 0. The summed E-state index contributed by atoms with van der Waals surface area (Å²) >= 11 is 2.10. The number of thioether (sulfide) groups is 1. The van der Waals surface area contributed by atoms with Crippen molar-refractivity contribution >= 4 is 23.7 Å². The molecule has 0 aliphatic heterocycles. The van der Waals surface area contributed by atoms with E-state index in [9.17, 15) is 0 Å². The van der Waals surface area contributed by atoms with Crippen LogP contribution in [0.1, 0.15) is 32.1 Å². The van der Waals surface area contributed by atoms with Crippen LogP contribution in [-0.4, -0.2) is 58.0 Å². The summed E-state index contributed by atoms with van der Waals surface area (Å²) in [6.45, 7) is 2.04. The van der Waals surface area contributed by atoms with Crippen LogP contribution in [0.4, 0.5) is 0 Å². The monoisotopic (exact) mass is 293 g/mol. The third-order valence-electron chi connectivity index (χ3n) is 2.66. The number of rotatable bonds is 6. The SMILES string of the molecule is O=C(O)C(=O)O.OCCNCCSC1CCCCC1. The lowest BCUT2D eigenvalue weighted by molar-refractivity contribution is -0.159. The predicted molar refractivity (Wildman–Crippen MR) is 74.6 cm³/mol. The van der Waals surface area contributed by atoms with E-state index < -0.39 is 11.9 Å². The fourth-order valence-corrected chi connectivity index (χ4v) is 3.00. The molecule has 0 amide bonds. The third kappa shape index (κ3) is 12.0. The molecule has 0 unspecified atom stereocenters. The summed E-state index contributed by atoms with van der Waals surface area (Å²) in [5, 5.41) is 27.5. The molecule has 0 heterocycles. The molecule has 4 N–H and O–H groups in total. The van der Waals surface area contributed by atoms with Crippen molar-refractivity contribution in [3.8, 4) is 0 Å². The second-order valence-electron chi connectivity index (χ2n) is 4.21. The number of aliphatic carboxylic acids is 2. The first-order valence-corrected chi connectivity index (χ1v) is 7.52. The molecule has 7 heteroatoms. The maximum atomic E-state index is 9.10. The van der Waals surface area contributed by atoms with Gasteiger partial charge in [-0.1, -0.05) is 19.3 Å². The van der Waals surface area contributed by atoms with Gasteiger partial charge in [0.15, 0.2) is 0 Å². The molecule has 0 spiro atoms.